The largest absolute Gasteiger partial charge is 0.342 e. The zero-order valence-electron chi connectivity index (χ0n) is 15.4. The van der Waals surface area contributed by atoms with Crippen LogP contribution in [-0.4, -0.2) is 42.9 Å². The van der Waals surface area contributed by atoms with Crippen LogP contribution in [0.25, 0.3) is 0 Å². The second-order valence-electron chi connectivity index (χ2n) is 7.97. The van der Waals surface area contributed by atoms with Crippen LogP contribution in [0.5, 0.6) is 0 Å². The molecule has 5 nitrogen and oxygen atoms in total. The van der Waals surface area contributed by atoms with Crippen LogP contribution in [0, 0.1) is 23.1 Å². The maximum atomic E-state index is 13.2. The third-order valence-corrected chi connectivity index (χ3v) is 6.36. The number of halogens is 2. The van der Waals surface area contributed by atoms with E-state index in [1.165, 1.54) is 12.1 Å². The highest BCUT2D eigenvalue weighted by atomic mass is 35.5. The van der Waals surface area contributed by atoms with Crippen LogP contribution in [-0.2, 0) is 9.59 Å². The van der Waals surface area contributed by atoms with Crippen molar-refractivity contribution in [2.24, 2.45) is 17.3 Å². The van der Waals surface area contributed by atoms with Crippen molar-refractivity contribution in [2.75, 3.05) is 31.5 Å². The van der Waals surface area contributed by atoms with Gasteiger partial charge in [0.2, 0.25) is 11.8 Å². The summed E-state index contributed by atoms with van der Waals surface area (Å²) in [5.74, 6) is -0.0732. The quantitative estimate of drug-likeness (QED) is 0.827. The molecule has 0 radical (unpaired) electrons. The smallest absolute Gasteiger partial charge is 0.227 e. The molecule has 2 N–H and O–H groups in total. The number of amides is 2. The van der Waals surface area contributed by atoms with Gasteiger partial charge in [0.25, 0.3) is 0 Å². The first-order valence-electron chi connectivity index (χ1n) is 9.63. The van der Waals surface area contributed by atoms with E-state index >= 15 is 0 Å². The number of likely N-dealkylation sites (tertiary alicyclic amines) is 1. The molecule has 1 spiro atoms. The van der Waals surface area contributed by atoms with Gasteiger partial charge in [-0.05, 0) is 68.8 Å². The van der Waals surface area contributed by atoms with Crippen molar-refractivity contribution in [2.45, 2.75) is 32.1 Å². The fraction of sp³-hybridized carbons (Fsp3) is 0.600. The van der Waals surface area contributed by atoms with E-state index in [1.54, 1.807) is 12.1 Å². The standard InChI is InChI=1S/C20H26FN3O2.ClH/c21-15-2-1-3-16(12-15)23-18(25)14-4-10-24(11-5-14)19(26)17-13-20(17)6-8-22-9-7-20;/h1-3,12,14,17,22H,4-11,13H2,(H,23,25);1H. The lowest BCUT2D eigenvalue weighted by Gasteiger charge is -2.32. The van der Waals surface area contributed by atoms with Crippen molar-refractivity contribution in [3.8, 4) is 0 Å². The van der Waals surface area contributed by atoms with Gasteiger partial charge in [-0.25, -0.2) is 4.39 Å². The lowest BCUT2D eigenvalue weighted by molar-refractivity contribution is -0.136. The number of carbonyl (C=O) groups excluding carboxylic acids is 2. The first kappa shape index (κ1) is 20.1. The summed E-state index contributed by atoms with van der Waals surface area (Å²) in [7, 11) is 0. The van der Waals surface area contributed by atoms with Gasteiger partial charge in [-0.15, -0.1) is 12.4 Å². The van der Waals surface area contributed by atoms with Crippen LogP contribution in [0.15, 0.2) is 24.3 Å². The zero-order valence-corrected chi connectivity index (χ0v) is 16.2. The molecule has 2 heterocycles. The molecule has 4 rings (SSSR count). The third kappa shape index (κ3) is 4.27. The minimum atomic E-state index is -0.362. The van der Waals surface area contributed by atoms with Gasteiger partial charge in [0, 0.05) is 30.6 Å². The number of hydrogen-bond donors (Lipinski definition) is 2. The summed E-state index contributed by atoms with van der Waals surface area (Å²) in [6.07, 6.45) is 4.60. The Bertz CT molecular complexity index is 700. The highest BCUT2D eigenvalue weighted by Gasteiger charge is 2.58. The molecule has 0 bridgehead atoms. The van der Waals surface area contributed by atoms with Gasteiger partial charge in [0.15, 0.2) is 0 Å². The van der Waals surface area contributed by atoms with E-state index in [4.69, 9.17) is 0 Å². The van der Waals surface area contributed by atoms with Gasteiger partial charge in [0.05, 0.1) is 0 Å². The topological polar surface area (TPSA) is 61.4 Å². The van der Waals surface area contributed by atoms with E-state index < -0.39 is 0 Å². The fourth-order valence-electron chi connectivity index (χ4n) is 4.57. The molecule has 1 aromatic rings. The molecule has 3 aliphatic rings. The van der Waals surface area contributed by atoms with E-state index in [9.17, 15) is 14.0 Å². The molecule has 2 amide bonds. The number of piperidine rings is 2. The molecule has 1 atom stereocenters. The third-order valence-electron chi connectivity index (χ3n) is 6.36. The van der Waals surface area contributed by atoms with Crippen LogP contribution in [0.1, 0.15) is 32.1 Å². The van der Waals surface area contributed by atoms with Crippen molar-refractivity contribution < 1.29 is 14.0 Å². The summed E-state index contributed by atoms with van der Waals surface area (Å²) in [6, 6.07) is 5.94. The first-order chi connectivity index (χ1) is 12.6. The molecule has 2 saturated heterocycles. The van der Waals surface area contributed by atoms with Crippen LogP contribution < -0.4 is 10.6 Å². The molecule has 7 heteroatoms. The Hall–Kier alpha value is -1.66. The van der Waals surface area contributed by atoms with E-state index in [1.807, 2.05) is 4.90 Å². The SMILES string of the molecule is Cl.O=C(Nc1cccc(F)c1)C1CCN(C(=O)C2CC23CCNCC3)CC1. The van der Waals surface area contributed by atoms with Crippen molar-refractivity contribution in [3.63, 3.8) is 0 Å². The molecule has 1 unspecified atom stereocenters. The number of benzene rings is 1. The predicted octanol–water partition coefficient (Wildman–Crippen LogP) is 2.81. The van der Waals surface area contributed by atoms with Crippen molar-refractivity contribution in [1.82, 2.24) is 10.2 Å². The summed E-state index contributed by atoms with van der Waals surface area (Å²) in [4.78, 5) is 27.2. The Morgan fingerprint density at radius 2 is 1.89 bits per heavy atom. The van der Waals surface area contributed by atoms with Crippen molar-refractivity contribution in [3.05, 3.63) is 30.1 Å². The lowest BCUT2D eigenvalue weighted by Crippen LogP contribution is -2.43. The Balaban J connectivity index is 0.00000210. The Morgan fingerprint density at radius 3 is 2.56 bits per heavy atom. The molecule has 148 valence electrons. The molecular weight excluding hydrogens is 369 g/mol. The first-order valence-corrected chi connectivity index (χ1v) is 9.63. The Morgan fingerprint density at radius 1 is 1.19 bits per heavy atom. The highest BCUT2D eigenvalue weighted by Crippen LogP contribution is 2.59. The summed E-state index contributed by atoms with van der Waals surface area (Å²) in [5, 5.41) is 6.16. The van der Waals surface area contributed by atoms with E-state index in [-0.39, 0.29) is 47.3 Å². The number of carbonyl (C=O) groups is 2. The van der Waals surface area contributed by atoms with E-state index in [2.05, 4.69) is 10.6 Å². The van der Waals surface area contributed by atoms with E-state index in [0.29, 0.717) is 31.6 Å². The van der Waals surface area contributed by atoms with Gasteiger partial charge in [0.1, 0.15) is 5.82 Å². The fourth-order valence-corrected chi connectivity index (χ4v) is 4.57. The van der Waals surface area contributed by atoms with Crippen LogP contribution >= 0.6 is 12.4 Å². The number of rotatable bonds is 3. The maximum Gasteiger partial charge on any atom is 0.227 e. The number of anilines is 1. The summed E-state index contributed by atoms with van der Waals surface area (Å²) >= 11 is 0. The second kappa shape index (κ2) is 8.15. The zero-order chi connectivity index (χ0) is 18.1. The number of hydrogen-bond acceptors (Lipinski definition) is 3. The summed E-state index contributed by atoms with van der Waals surface area (Å²) < 4.78 is 13.2. The average Bonchev–Trinajstić information content (AvgIpc) is 3.34. The molecule has 27 heavy (non-hydrogen) atoms. The van der Waals surface area contributed by atoms with Gasteiger partial charge >= 0.3 is 0 Å². The molecule has 3 fully saturated rings. The average molecular weight is 396 g/mol. The van der Waals surface area contributed by atoms with Crippen molar-refractivity contribution >= 4 is 29.9 Å². The lowest BCUT2D eigenvalue weighted by atomic mass is 9.90. The minimum Gasteiger partial charge on any atom is -0.342 e. The van der Waals surface area contributed by atoms with Crippen molar-refractivity contribution in [1.29, 1.82) is 0 Å². The summed E-state index contributed by atoms with van der Waals surface area (Å²) in [5.41, 5.74) is 0.743. The molecule has 1 aromatic carbocycles. The highest BCUT2D eigenvalue weighted by molar-refractivity contribution is 5.92. The van der Waals surface area contributed by atoms with Gasteiger partial charge in [-0.3, -0.25) is 9.59 Å². The maximum absolute atomic E-state index is 13.2. The molecule has 1 aliphatic carbocycles. The van der Waals surface area contributed by atoms with Gasteiger partial charge < -0.3 is 15.5 Å². The number of nitrogens with one attached hydrogen (secondary N) is 2. The second-order valence-corrected chi connectivity index (χ2v) is 7.97. The molecule has 1 saturated carbocycles. The summed E-state index contributed by atoms with van der Waals surface area (Å²) in [6.45, 7) is 3.33. The van der Waals surface area contributed by atoms with Crippen LogP contribution in [0.4, 0.5) is 10.1 Å². The van der Waals surface area contributed by atoms with Crippen LogP contribution in [0.3, 0.4) is 0 Å². The minimum absolute atomic E-state index is 0. The van der Waals surface area contributed by atoms with Gasteiger partial charge in [-0.1, -0.05) is 6.07 Å². The normalized spacial score (nSPS) is 24.2. The predicted molar refractivity (Wildman–Crippen MR) is 104 cm³/mol. The Kier molecular flexibility index (Phi) is 6.06. The molecule has 0 aromatic heterocycles. The molecule has 2 aliphatic heterocycles. The monoisotopic (exact) mass is 395 g/mol. The van der Waals surface area contributed by atoms with Crippen LogP contribution in [0.2, 0.25) is 0 Å². The van der Waals surface area contributed by atoms with E-state index in [0.717, 1.165) is 32.4 Å². The molecular formula is C20H27ClFN3O2. The van der Waals surface area contributed by atoms with Gasteiger partial charge in [-0.2, -0.15) is 0 Å². The number of nitrogens with zero attached hydrogens (tertiary/aromatic N) is 1. The Labute approximate surface area is 165 Å².